The van der Waals surface area contributed by atoms with E-state index in [0.29, 0.717) is 6.29 Å². The molecule has 0 aliphatic rings. The van der Waals surface area contributed by atoms with E-state index < -0.39 is 12.8 Å². The summed E-state index contributed by atoms with van der Waals surface area (Å²) in [7, 11) is 1.23. The predicted molar refractivity (Wildman–Crippen MR) is 49.9 cm³/mol. The molecule has 0 aromatic heterocycles. The lowest BCUT2D eigenvalue weighted by atomic mass is 10.2. The van der Waals surface area contributed by atoms with Gasteiger partial charge < -0.3 is 9.47 Å². The third kappa shape index (κ3) is 2.88. The Balaban J connectivity index is 3.00. The molecule has 88 valence electrons. The van der Waals surface area contributed by atoms with E-state index in [9.17, 15) is 18.0 Å². The molecule has 0 N–H and O–H groups in total. The van der Waals surface area contributed by atoms with Gasteiger partial charge in [-0.2, -0.15) is 8.78 Å². The first-order valence-corrected chi connectivity index (χ1v) is 4.28. The summed E-state index contributed by atoms with van der Waals surface area (Å²) < 4.78 is 46.0. The number of carbonyl (C=O) groups excluding carboxylic acids is 1. The highest BCUT2D eigenvalue weighted by atomic mass is 19.3. The standard InChI is InChI=1S/C10H9F3O3/c1-15-9-4-7(5-14)2-3-8(9)16-10(12,13)6-11/h2-5H,6H2,1H3. The van der Waals surface area contributed by atoms with Crippen LogP contribution < -0.4 is 9.47 Å². The minimum absolute atomic E-state index is 0.0577. The molecule has 1 rings (SSSR count). The number of ether oxygens (including phenoxy) is 2. The molecule has 0 heterocycles. The maximum Gasteiger partial charge on any atom is 0.427 e. The summed E-state index contributed by atoms with van der Waals surface area (Å²) in [6.45, 7) is -1.94. The first-order valence-electron chi connectivity index (χ1n) is 4.28. The molecule has 0 aliphatic heterocycles. The van der Waals surface area contributed by atoms with Crippen LogP contribution in [0.5, 0.6) is 11.5 Å². The second-order valence-electron chi connectivity index (χ2n) is 2.90. The average molecular weight is 234 g/mol. The quantitative estimate of drug-likeness (QED) is 0.734. The van der Waals surface area contributed by atoms with E-state index in [1.807, 2.05) is 0 Å². The van der Waals surface area contributed by atoms with Gasteiger partial charge in [-0.05, 0) is 18.2 Å². The van der Waals surface area contributed by atoms with Gasteiger partial charge >= 0.3 is 6.11 Å². The van der Waals surface area contributed by atoms with Crippen LogP contribution in [0.1, 0.15) is 10.4 Å². The average Bonchev–Trinajstić information content (AvgIpc) is 2.29. The summed E-state index contributed by atoms with van der Waals surface area (Å²) in [6.07, 6.45) is -3.38. The summed E-state index contributed by atoms with van der Waals surface area (Å²) >= 11 is 0. The molecule has 0 saturated carbocycles. The Bertz CT molecular complexity index is 380. The number of benzene rings is 1. The summed E-state index contributed by atoms with van der Waals surface area (Å²) in [4.78, 5) is 10.4. The fraction of sp³-hybridized carbons (Fsp3) is 0.300. The van der Waals surface area contributed by atoms with Crippen LogP contribution in [0.3, 0.4) is 0 Å². The Hall–Kier alpha value is -1.72. The minimum atomic E-state index is -3.91. The van der Waals surface area contributed by atoms with Crippen LogP contribution in [0.2, 0.25) is 0 Å². The van der Waals surface area contributed by atoms with Crippen molar-refractivity contribution in [2.75, 3.05) is 13.8 Å². The maximum atomic E-state index is 12.6. The van der Waals surface area contributed by atoms with Crippen molar-refractivity contribution >= 4 is 6.29 Å². The van der Waals surface area contributed by atoms with Crippen LogP contribution >= 0.6 is 0 Å². The zero-order chi connectivity index (χ0) is 12.2. The third-order valence-corrected chi connectivity index (χ3v) is 1.74. The van der Waals surface area contributed by atoms with Crippen LogP contribution in [-0.2, 0) is 0 Å². The van der Waals surface area contributed by atoms with E-state index >= 15 is 0 Å². The number of aldehydes is 1. The fourth-order valence-electron chi connectivity index (χ4n) is 1.03. The van der Waals surface area contributed by atoms with Gasteiger partial charge in [0.05, 0.1) is 7.11 Å². The van der Waals surface area contributed by atoms with E-state index in [0.717, 1.165) is 6.07 Å². The first kappa shape index (κ1) is 12.4. The van der Waals surface area contributed by atoms with Crippen molar-refractivity contribution in [3.8, 4) is 11.5 Å². The van der Waals surface area contributed by atoms with Crippen molar-refractivity contribution in [3.63, 3.8) is 0 Å². The van der Waals surface area contributed by atoms with E-state index in [1.54, 1.807) is 0 Å². The van der Waals surface area contributed by atoms with E-state index in [4.69, 9.17) is 4.74 Å². The molecule has 0 aliphatic carbocycles. The molecule has 6 heteroatoms. The first-order chi connectivity index (χ1) is 7.52. The Labute approximate surface area is 89.8 Å². The van der Waals surface area contributed by atoms with Gasteiger partial charge in [-0.25, -0.2) is 4.39 Å². The molecular weight excluding hydrogens is 225 g/mol. The number of halogens is 3. The third-order valence-electron chi connectivity index (χ3n) is 1.74. The van der Waals surface area contributed by atoms with Gasteiger partial charge in [0.2, 0.25) is 0 Å². The molecule has 0 saturated heterocycles. The molecule has 1 aromatic rings. The smallest absolute Gasteiger partial charge is 0.427 e. The van der Waals surface area contributed by atoms with Crippen molar-refractivity contribution in [2.45, 2.75) is 6.11 Å². The van der Waals surface area contributed by atoms with Crippen LogP contribution in [-0.4, -0.2) is 26.2 Å². The zero-order valence-electron chi connectivity index (χ0n) is 8.38. The lowest BCUT2D eigenvalue weighted by molar-refractivity contribution is -0.187. The van der Waals surface area contributed by atoms with Crippen LogP contribution in [0, 0.1) is 0 Å². The molecule has 0 bridgehead atoms. The second-order valence-corrected chi connectivity index (χ2v) is 2.90. The summed E-state index contributed by atoms with van der Waals surface area (Å²) in [5.41, 5.74) is 0.243. The van der Waals surface area contributed by atoms with Gasteiger partial charge in [-0.1, -0.05) is 0 Å². The Morgan fingerprint density at radius 3 is 2.56 bits per heavy atom. The number of hydrogen-bond donors (Lipinski definition) is 0. The van der Waals surface area contributed by atoms with Gasteiger partial charge in [-0.3, -0.25) is 4.79 Å². The highest BCUT2D eigenvalue weighted by Crippen LogP contribution is 2.32. The van der Waals surface area contributed by atoms with E-state index in [2.05, 4.69) is 4.74 Å². The summed E-state index contributed by atoms with van der Waals surface area (Å²) in [6, 6.07) is 3.60. The molecule has 3 nitrogen and oxygen atoms in total. The fourth-order valence-corrected chi connectivity index (χ4v) is 1.03. The van der Waals surface area contributed by atoms with Crippen LogP contribution in [0.15, 0.2) is 18.2 Å². The number of hydrogen-bond acceptors (Lipinski definition) is 3. The van der Waals surface area contributed by atoms with Crippen LogP contribution in [0.4, 0.5) is 13.2 Å². The molecule has 0 unspecified atom stereocenters. The number of carbonyl (C=O) groups is 1. The highest BCUT2D eigenvalue weighted by Gasteiger charge is 2.32. The van der Waals surface area contributed by atoms with Gasteiger partial charge in [0.25, 0.3) is 0 Å². The molecule has 0 fully saturated rings. The second kappa shape index (κ2) is 4.87. The normalized spacial score (nSPS) is 11.0. The summed E-state index contributed by atoms with van der Waals surface area (Å²) in [5.74, 6) is -0.381. The predicted octanol–water partition coefficient (Wildman–Crippen LogP) is 2.45. The minimum Gasteiger partial charge on any atom is -0.493 e. The van der Waals surface area contributed by atoms with Crippen molar-refractivity contribution in [1.29, 1.82) is 0 Å². The number of rotatable bonds is 5. The van der Waals surface area contributed by atoms with Crippen molar-refractivity contribution < 1.29 is 27.4 Å². The molecule has 0 spiro atoms. The molecule has 0 atom stereocenters. The SMILES string of the molecule is COc1cc(C=O)ccc1OC(F)(F)CF. The van der Waals surface area contributed by atoms with Gasteiger partial charge in [0.15, 0.2) is 18.2 Å². The Kier molecular flexibility index (Phi) is 3.76. The van der Waals surface area contributed by atoms with Crippen LogP contribution in [0.25, 0.3) is 0 Å². The van der Waals surface area contributed by atoms with Crippen molar-refractivity contribution in [1.82, 2.24) is 0 Å². The zero-order valence-corrected chi connectivity index (χ0v) is 8.38. The summed E-state index contributed by atoms with van der Waals surface area (Å²) in [5, 5.41) is 0. The Morgan fingerprint density at radius 2 is 2.06 bits per heavy atom. The topological polar surface area (TPSA) is 35.5 Å². The van der Waals surface area contributed by atoms with Gasteiger partial charge in [-0.15, -0.1) is 0 Å². The monoisotopic (exact) mass is 234 g/mol. The number of alkyl halides is 3. The lowest BCUT2D eigenvalue weighted by Crippen LogP contribution is -2.27. The maximum absolute atomic E-state index is 12.6. The molecule has 0 amide bonds. The largest absolute Gasteiger partial charge is 0.493 e. The van der Waals surface area contributed by atoms with Crippen molar-refractivity contribution in [2.24, 2.45) is 0 Å². The van der Waals surface area contributed by atoms with E-state index in [1.165, 1.54) is 19.2 Å². The van der Waals surface area contributed by atoms with Crippen molar-refractivity contribution in [3.05, 3.63) is 23.8 Å². The molecule has 0 radical (unpaired) electrons. The molecular formula is C10H9F3O3. The van der Waals surface area contributed by atoms with Gasteiger partial charge in [0, 0.05) is 5.56 Å². The number of methoxy groups -OCH3 is 1. The highest BCUT2D eigenvalue weighted by molar-refractivity contribution is 5.76. The van der Waals surface area contributed by atoms with Gasteiger partial charge in [0.1, 0.15) is 6.29 Å². The molecule has 16 heavy (non-hydrogen) atoms. The lowest BCUT2D eigenvalue weighted by Gasteiger charge is -2.16. The molecule has 1 aromatic carbocycles. The Morgan fingerprint density at radius 1 is 1.38 bits per heavy atom. The van der Waals surface area contributed by atoms with E-state index in [-0.39, 0.29) is 17.1 Å².